The quantitative estimate of drug-likeness (QED) is 0.301. The first kappa shape index (κ1) is 33.5. The molecule has 0 spiro atoms. The zero-order chi connectivity index (χ0) is 19.8. The molecule has 0 fully saturated rings. The van der Waals surface area contributed by atoms with Crippen LogP contribution in [-0.2, 0) is 30.6 Å². The van der Waals surface area contributed by atoms with E-state index in [0.717, 1.165) is 16.7 Å². The molecule has 0 N–H and O–H groups in total. The Morgan fingerprint density at radius 1 is 0.893 bits per heavy atom. The molecule has 2 aliphatic rings. The summed E-state index contributed by atoms with van der Waals surface area (Å²) < 4.78 is 6.36. The van der Waals surface area contributed by atoms with Crippen molar-refractivity contribution in [1.29, 1.82) is 0 Å². The molecule has 0 bridgehead atoms. The molecule has 0 aliphatic heterocycles. The fourth-order valence-corrected chi connectivity index (χ4v) is 5.70. The van der Waals surface area contributed by atoms with Gasteiger partial charge in [0.2, 0.25) is 0 Å². The van der Waals surface area contributed by atoms with Crippen LogP contribution in [0.3, 0.4) is 0 Å². The third-order valence-electron chi connectivity index (χ3n) is 5.66. The van der Waals surface area contributed by atoms with Crippen LogP contribution in [0, 0.1) is 17.6 Å². The van der Waals surface area contributed by atoms with Crippen LogP contribution in [0.1, 0.15) is 61.8 Å². The van der Waals surface area contributed by atoms with Crippen LogP contribution in [0.25, 0.3) is 0 Å². The first-order valence-electron chi connectivity index (χ1n) is 9.47. The van der Waals surface area contributed by atoms with Crippen LogP contribution in [0.2, 0.25) is 19.6 Å². The molecule has 2 aliphatic carbocycles. The van der Waals surface area contributed by atoms with Crippen molar-refractivity contribution in [3.63, 3.8) is 0 Å². The Morgan fingerprint density at radius 2 is 1.36 bits per heavy atom. The fraction of sp³-hybridized carbons (Fsp3) is 0.636. The second-order valence-electron chi connectivity index (χ2n) is 9.02. The van der Waals surface area contributed by atoms with Crippen LogP contribution in [0.5, 0.6) is 0 Å². The van der Waals surface area contributed by atoms with Crippen LogP contribution in [0.4, 0.5) is 0 Å². The molecule has 1 unspecified atom stereocenters. The molecule has 0 aromatic carbocycles. The maximum absolute atomic E-state index is 6.36. The van der Waals surface area contributed by atoms with Gasteiger partial charge in [0.05, 0.1) is 0 Å². The Hall–Kier alpha value is 0.817. The van der Waals surface area contributed by atoms with Gasteiger partial charge in [-0.15, -0.1) is 44.2 Å². The summed E-state index contributed by atoms with van der Waals surface area (Å²) in [5.74, 6) is 0. The second-order valence-corrected chi connectivity index (χ2v) is 14.4. The Morgan fingerprint density at radius 3 is 1.54 bits per heavy atom. The minimum Gasteiger partial charge on any atom is -0.423 e. The zero-order valence-corrected chi connectivity index (χ0v) is 27.0. The number of halogens is 2. The summed E-state index contributed by atoms with van der Waals surface area (Å²) in [4.78, 5) is 0. The molecule has 0 saturated carbocycles. The average molecular weight is 539 g/mol. The molecular weight excluding hydrogens is 499 g/mol. The molecule has 160 valence electrons. The number of allylic oxidation sites excluding steroid dienone is 6. The van der Waals surface area contributed by atoms with Crippen molar-refractivity contribution in [2.45, 2.75) is 87.1 Å². The molecule has 0 heterocycles. The van der Waals surface area contributed by atoms with Gasteiger partial charge >= 0.3 is 26.2 Å². The maximum Gasteiger partial charge on any atom is 2.00 e. The zero-order valence-electron chi connectivity index (χ0n) is 19.9. The van der Waals surface area contributed by atoms with Crippen LogP contribution < -0.4 is 0 Å². The monoisotopic (exact) mass is 536 g/mol. The van der Waals surface area contributed by atoms with Crippen molar-refractivity contribution in [3.05, 3.63) is 45.2 Å². The van der Waals surface area contributed by atoms with Crippen molar-refractivity contribution in [2.24, 2.45) is 5.41 Å². The molecule has 6 heteroatoms. The van der Waals surface area contributed by atoms with Gasteiger partial charge < -0.3 is 4.43 Å². The van der Waals surface area contributed by atoms with Crippen LogP contribution in [0.15, 0.2) is 33.1 Å². The van der Waals surface area contributed by atoms with Crippen molar-refractivity contribution < 1.29 is 30.6 Å². The molecule has 1 nitrogen and oxygen atoms in total. The Kier molecular flexibility index (Phi) is 14.3. The minimum absolute atomic E-state index is 0. The topological polar surface area (TPSA) is 9.23 Å². The Labute approximate surface area is 210 Å². The smallest absolute Gasteiger partial charge is 0.423 e. The Balaban J connectivity index is -0.000000427. The molecule has 0 radical (unpaired) electrons. The standard InChI is InChI=1S/C12H23OSi2.C10H15.2ClH.Zr/c1-7-12(13-15(4,5)6)8-11(14)9(2)10(12)3;1-7-6-10(4,5)9(3)8(7)2;;;/h7H2,1-6,14H3;1-5H3;2*1H;/q2*-1;;;+2. The number of hydrogen-bond acceptors (Lipinski definition) is 1. The summed E-state index contributed by atoms with van der Waals surface area (Å²) in [6, 6.07) is 0. The van der Waals surface area contributed by atoms with E-state index in [2.05, 4.69) is 87.2 Å². The van der Waals surface area contributed by atoms with Gasteiger partial charge in [0, 0.05) is 5.60 Å². The van der Waals surface area contributed by atoms with Gasteiger partial charge in [0.15, 0.2) is 8.32 Å². The first-order valence-corrected chi connectivity index (χ1v) is 13.9. The first-order chi connectivity index (χ1) is 11.2. The van der Waals surface area contributed by atoms with Crippen molar-refractivity contribution >= 4 is 43.4 Å². The van der Waals surface area contributed by atoms with E-state index in [9.17, 15) is 0 Å². The fourth-order valence-electron chi connectivity index (χ4n) is 3.53. The molecule has 0 aromatic rings. The van der Waals surface area contributed by atoms with Crippen LogP contribution in [-0.4, -0.2) is 24.2 Å². The van der Waals surface area contributed by atoms with Gasteiger partial charge in [-0.25, -0.2) is 16.8 Å². The van der Waals surface area contributed by atoms with Gasteiger partial charge in [-0.1, -0.05) is 47.0 Å². The summed E-state index contributed by atoms with van der Waals surface area (Å²) >= 11 is 0. The van der Waals surface area contributed by atoms with E-state index in [0.29, 0.717) is 0 Å². The third-order valence-corrected chi connectivity index (χ3v) is 7.62. The van der Waals surface area contributed by atoms with Gasteiger partial charge in [-0.05, 0) is 36.3 Å². The summed E-state index contributed by atoms with van der Waals surface area (Å²) in [7, 11) is -0.436. The van der Waals surface area contributed by atoms with Crippen LogP contribution >= 0.6 is 24.8 Å². The Bertz CT molecular complexity index is 671. The van der Waals surface area contributed by atoms with Gasteiger partial charge in [0.25, 0.3) is 0 Å². The average Bonchev–Trinajstić information content (AvgIpc) is 2.78. The van der Waals surface area contributed by atoms with E-state index in [4.69, 9.17) is 4.43 Å². The van der Waals surface area contributed by atoms with Gasteiger partial charge in [0.1, 0.15) is 0 Å². The summed E-state index contributed by atoms with van der Waals surface area (Å²) in [5, 5.41) is 1.40. The predicted octanol–water partition coefficient (Wildman–Crippen LogP) is 6.34. The molecule has 0 aromatic heterocycles. The van der Waals surface area contributed by atoms with Crippen molar-refractivity contribution in [3.8, 4) is 0 Å². The maximum atomic E-state index is 6.36. The minimum atomic E-state index is -1.51. The summed E-state index contributed by atoms with van der Waals surface area (Å²) in [6.07, 6.45) is 8.03. The number of hydrogen-bond donors (Lipinski definition) is 0. The summed E-state index contributed by atoms with van der Waals surface area (Å²) in [6.45, 7) is 24.3. The largest absolute Gasteiger partial charge is 2.00 e. The second kappa shape index (κ2) is 12.0. The van der Waals surface area contributed by atoms with Crippen molar-refractivity contribution in [2.75, 3.05) is 0 Å². The molecule has 1 atom stereocenters. The van der Waals surface area contributed by atoms with E-state index < -0.39 is 8.32 Å². The molecular formula is C22H40Cl2OSi2Zr. The summed E-state index contributed by atoms with van der Waals surface area (Å²) in [5.41, 5.74) is 7.01. The van der Waals surface area contributed by atoms with E-state index >= 15 is 0 Å². The molecule has 28 heavy (non-hydrogen) atoms. The normalized spacial score (nSPS) is 23.1. The number of rotatable bonds is 3. The molecule has 0 amide bonds. The third kappa shape index (κ3) is 7.82. The van der Waals surface area contributed by atoms with E-state index in [1.165, 1.54) is 33.1 Å². The molecule has 2 rings (SSSR count). The SMILES string of the molecule is CC1=[C-]C(C)(C)C(C)=C1C.CCC1(O[Si](C)(C)C)[C-]=C([SiH3])C(C)=C1C.Cl.Cl.[Zr+2]. The van der Waals surface area contributed by atoms with Gasteiger partial charge in [-0.3, -0.25) is 6.08 Å². The van der Waals surface area contributed by atoms with E-state index in [-0.39, 0.29) is 62.0 Å². The van der Waals surface area contributed by atoms with E-state index in [1.54, 1.807) is 0 Å². The molecule has 0 saturated heterocycles. The van der Waals surface area contributed by atoms with Gasteiger partial charge in [-0.2, -0.15) is 16.7 Å². The van der Waals surface area contributed by atoms with E-state index in [1.807, 2.05) is 0 Å². The van der Waals surface area contributed by atoms with Crippen molar-refractivity contribution in [1.82, 2.24) is 0 Å². The predicted molar refractivity (Wildman–Crippen MR) is 132 cm³/mol.